The molecule has 0 fully saturated rings. The van der Waals surface area contributed by atoms with Gasteiger partial charge in [0, 0.05) is 11.3 Å². The van der Waals surface area contributed by atoms with E-state index in [2.05, 4.69) is 10.6 Å². The van der Waals surface area contributed by atoms with Crippen LogP contribution in [-0.4, -0.2) is 25.1 Å². The number of carbonyl (C=O) groups is 2. The summed E-state index contributed by atoms with van der Waals surface area (Å²) in [6, 6.07) is 15.2. The Hall–Kier alpha value is -3.02. The molecule has 0 heterocycles. The summed E-state index contributed by atoms with van der Waals surface area (Å²) in [4.78, 5) is 22.8. The second-order valence-electron chi connectivity index (χ2n) is 4.49. The monoisotopic (exact) mass is 299 g/mol. The lowest BCUT2D eigenvalue weighted by Gasteiger charge is -2.08. The van der Waals surface area contributed by atoms with E-state index in [1.54, 1.807) is 24.3 Å². The lowest BCUT2D eigenvalue weighted by Crippen LogP contribution is -2.28. The first kappa shape index (κ1) is 15.4. The third kappa shape index (κ3) is 4.82. The second kappa shape index (κ2) is 7.68. The van der Waals surface area contributed by atoms with Crippen LogP contribution in [0.2, 0.25) is 0 Å². The number of nitrogens with one attached hydrogen (secondary N) is 2. The van der Waals surface area contributed by atoms with Crippen molar-refractivity contribution in [1.29, 1.82) is 0 Å². The van der Waals surface area contributed by atoms with Gasteiger partial charge in [-0.2, -0.15) is 0 Å². The molecule has 0 aliphatic carbocycles. The molecule has 6 nitrogen and oxygen atoms in total. The molecule has 3 amide bonds. The van der Waals surface area contributed by atoms with Gasteiger partial charge in [-0.15, -0.1) is 0 Å². The molecule has 2 rings (SSSR count). The number of hydrogen-bond acceptors (Lipinski definition) is 3. The highest BCUT2D eigenvalue weighted by Gasteiger charge is 2.06. The van der Waals surface area contributed by atoms with Gasteiger partial charge in [0.15, 0.2) is 0 Å². The standard InChI is InChI=1S/C16H17N3O3/c17-16(21)19-13-6-4-5-12(11-13)15(20)18-9-10-22-14-7-2-1-3-8-14/h1-8,11H,9-10H2,(H,18,20)(H3,17,19,21). The minimum Gasteiger partial charge on any atom is -0.492 e. The Kier molecular flexibility index (Phi) is 5.37. The molecule has 0 unspecified atom stereocenters. The number of benzene rings is 2. The summed E-state index contributed by atoms with van der Waals surface area (Å²) in [5.74, 6) is 0.509. The summed E-state index contributed by atoms with van der Waals surface area (Å²) >= 11 is 0. The Balaban J connectivity index is 1.81. The van der Waals surface area contributed by atoms with Gasteiger partial charge in [-0.05, 0) is 30.3 Å². The summed E-state index contributed by atoms with van der Waals surface area (Å²) in [6.07, 6.45) is 0. The van der Waals surface area contributed by atoms with Crippen LogP contribution in [-0.2, 0) is 0 Å². The van der Waals surface area contributed by atoms with Crippen molar-refractivity contribution >= 4 is 17.6 Å². The number of ether oxygens (including phenoxy) is 1. The van der Waals surface area contributed by atoms with Crippen LogP contribution >= 0.6 is 0 Å². The number of urea groups is 1. The van der Waals surface area contributed by atoms with Crippen LogP contribution in [0.15, 0.2) is 54.6 Å². The highest BCUT2D eigenvalue weighted by Crippen LogP contribution is 2.10. The number of para-hydroxylation sites is 1. The third-order valence-electron chi connectivity index (χ3n) is 2.79. The number of nitrogens with two attached hydrogens (primary N) is 1. The number of carbonyl (C=O) groups excluding carboxylic acids is 2. The second-order valence-corrected chi connectivity index (χ2v) is 4.49. The fourth-order valence-corrected chi connectivity index (χ4v) is 1.83. The predicted octanol–water partition coefficient (Wildman–Crippen LogP) is 1.99. The van der Waals surface area contributed by atoms with Crippen LogP contribution in [0, 0.1) is 0 Å². The summed E-state index contributed by atoms with van der Waals surface area (Å²) in [5.41, 5.74) is 5.95. The molecule has 0 bridgehead atoms. The van der Waals surface area contributed by atoms with E-state index in [9.17, 15) is 9.59 Å². The van der Waals surface area contributed by atoms with E-state index in [0.717, 1.165) is 5.75 Å². The Labute approximate surface area is 128 Å². The molecule has 0 aliphatic heterocycles. The highest BCUT2D eigenvalue weighted by molar-refractivity contribution is 5.96. The Morgan fingerprint density at radius 1 is 1.05 bits per heavy atom. The van der Waals surface area contributed by atoms with Gasteiger partial charge < -0.3 is 21.1 Å². The summed E-state index contributed by atoms with van der Waals surface area (Å²) < 4.78 is 5.48. The van der Waals surface area contributed by atoms with Crippen LogP contribution < -0.4 is 21.1 Å². The molecule has 0 saturated heterocycles. The maximum Gasteiger partial charge on any atom is 0.316 e. The van der Waals surface area contributed by atoms with Gasteiger partial charge >= 0.3 is 6.03 Å². The Morgan fingerprint density at radius 3 is 2.55 bits per heavy atom. The number of rotatable bonds is 6. The van der Waals surface area contributed by atoms with Gasteiger partial charge in [-0.25, -0.2) is 4.79 Å². The van der Waals surface area contributed by atoms with Crippen molar-refractivity contribution in [1.82, 2.24) is 5.32 Å². The Bertz CT molecular complexity index is 644. The molecule has 4 N–H and O–H groups in total. The van der Waals surface area contributed by atoms with E-state index < -0.39 is 6.03 Å². The van der Waals surface area contributed by atoms with Gasteiger partial charge in [-0.3, -0.25) is 4.79 Å². The maximum absolute atomic E-state index is 12.0. The topological polar surface area (TPSA) is 93.5 Å². The highest BCUT2D eigenvalue weighted by atomic mass is 16.5. The van der Waals surface area contributed by atoms with Gasteiger partial charge in [0.05, 0.1) is 6.54 Å². The van der Waals surface area contributed by atoms with Crippen molar-refractivity contribution in [3.8, 4) is 5.75 Å². The molecule has 6 heteroatoms. The zero-order valence-electron chi connectivity index (χ0n) is 11.9. The normalized spacial score (nSPS) is 9.82. The number of amides is 3. The van der Waals surface area contributed by atoms with Crippen molar-refractivity contribution in [2.75, 3.05) is 18.5 Å². The summed E-state index contributed by atoms with van der Waals surface area (Å²) in [6.45, 7) is 0.746. The molecule has 0 aliphatic rings. The zero-order valence-corrected chi connectivity index (χ0v) is 11.9. The smallest absolute Gasteiger partial charge is 0.316 e. The molecule has 0 aromatic heterocycles. The molecular weight excluding hydrogens is 282 g/mol. The van der Waals surface area contributed by atoms with E-state index >= 15 is 0 Å². The first-order chi connectivity index (χ1) is 10.6. The lowest BCUT2D eigenvalue weighted by atomic mass is 10.2. The number of anilines is 1. The fraction of sp³-hybridized carbons (Fsp3) is 0.125. The van der Waals surface area contributed by atoms with Crippen LogP contribution in [0.25, 0.3) is 0 Å². The van der Waals surface area contributed by atoms with E-state index in [-0.39, 0.29) is 5.91 Å². The molecule has 114 valence electrons. The van der Waals surface area contributed by atoms with Crippen LogP contribution in [0.1, 0.15) is 10.4 Å². The fourth-order valence-electron chi connectivity index (χ4n) is 1.83. The predicted molar refractivity (Wildman–Crippen MR) is 83.9 cm³/mol. The van der Waals surface area contributed by atoms with Crippen LogP contribution in [0.4, 0.5) is 10.5 Å². The maximum atomic E-state index is 12.0. The van der Waals surface area contributed by atoms with Crippen molar-refractivity contribution in [3.05, 3.63) is 60.2 Å². The number of hydrogen-bond donors (Lipinski definition) is 3. The van der Waals surface area contributed by atoms with Crippen LogP contribution in [0.3, 0.4) is 0 Å². The largest absolute Gasteiger partial charge is 0.492 e. The van der Waals surface area contributed by atoms with Crippen molar-refractivity contribution in [2.45, 2.75) is 0 Å². The molecule has 0 atom stereocenters. The summed E-state index contributed by atoms with van der Waals surface area (Å²) in [7, 11) is 0. The average Bonchev–Trinajstić information content (AvgIpc) is 2.52. The van der Waals surface area contributed by atoms with Gasteiger partial charge in [0.1, 0.15) is 12.4 Å². The van der Waals surface area contributed by atoms with E-state index in [4.69, 9.17) is 10.5 Å². The molecule has 0 spiro atoms. The SMILES string of the molecule is NC(=O)Nc1cccc(C(=O)NCCOc2ccccc2)c1. The Morgan fingerprint density at radius 2 is 1.82 bits per heavy atom. The quantitative estimate of drug-likeness (QED) is 0.712. The first-order valence-electron chi connectivity index (χ1n) is 6.78. The van der Waals surface area contributed by atoms with E-state index in [0.29, 0.717) is 24.4 Å². The minimum atomic E-state index is -0.672. The van der Waals surface area contributed by atoms with E-state index in [1.807, 2.05) is 30.3 Å². The molecule has 2 aromatic rings. The average molecular weight is 299 g/mol. The number of primary amides is 1. The van der Waals surface area contributed by atoms with Crippen molar-refractivity contribution < 1.29 is 14.3 Å². The lowest BCUT2D eigenvalue weighted by molar-refractivity contribution is 0.0947. The molecule has 2 aromatic carbocycles. The van der Waals surface area contributed by atoms with Gasteiger partial charge in [0.25, 0.3) is 5.91 Å². The van der Waals surface area contributed by atoms with Gasteiger partial charge in [0.2, 0.25) is 0 Å². The van der Waals surface area contributed by atoms with Crippen LogP contribution in [0.5, 0.6) is 5.75 Å². The summed E-state index contributed by atoms with van der Waals surface area (Å²) in [5, 5.41) is 5.16. The molecule has 22 heavy (non-hydrogen) atoms. The molecule has 0 saturated carbocycles. The van der Waals surface area contributed by atoms with Crippen molar-refractivity contribution in [2.24, 2.45) is 5.73 Å². The first-order valence-corrected chi connectivity index (χ1v) is 6.78. The van der Waals surface area contributed by atoms with Crippen molar-refractivity contribution in [3.63, 3.8) is 0 Å². The minimum absolute atomic E-state index is 0.246. The third-order valence-corrected chi connectivity index (χ3v) is 2.79. The zero-order chi connectivity index (χ0) is 15.8. The van der Waals surface area contributed by atoms with Gasteiger partial charge in [-0.1, -0.05) is 24.3 Å². The molecule has 0 radical (unpaired) electrons. The molecular formula is C16H17N3O3. The van der Waals surface area contributed by atoms with E-state index in [1.165, 1.54) is 0 Å².